The van der Waals surface area contributed by atoms with Crippen LogP contribution in [-0.2, 0) is 0 Å². The van der Waals surface area contributed by atoms with Crippen molar-refractivity contribution in [3.8, 4) is 5.69 Å². The van der Waals surface area contributed by atoms with Crippen LogP contribution in [-0.4, -0.2) is 35.3 Å². The molecule has 1 fully saturated rings. The molecule has 2 N–H and O–H groups in total. The van der Waals surface area contributed by atoms with Crippen molar-refractivity contribution in [2.75, 3.05) is 19.6 Å². The van der Waals surface area contributed by atoms with Crippen LogP contribution in [0.15, 0.2) is 30.3 Å². The summed E-state index contributed by atoms with van der Waals surface area (Å²) in [5, 5.41) is 10.9. The van der Waals surface area contributed by atoms with Gasteiger partial charge >= 0.3 is 0 Å². The Kier molecular flexibility index (Phi) is 5.30. The maximum atomic E-state index is 12.3. The van der Waals surface area contributed by atoms with Gasteiger partial charge in [0.25, 0.3) is 5.91 Å². The third-order valence-electron chi connectivity index (χ3n) is 4.62. The summed E-state index contributed by atoms with van der Waals surface area (Å²) >= 11 is 0. The van der Waals surface area contributed by atoms with Crippen LogP contribution in [0.1, 0.15) is 41.0 Å². The lowest BCUT2D eigenvalue weighted by atomic mass is 9.96. The zero-order valence-corrected chi connectivity index (χ0v) is 14.5. The number of amides is 1. The van der Waals surface area contributed by atoms with Crippen LogP contribution < -0.4 is 10.6 Å². The quantitative estimate of drug-likeness (QED) is 0.888. The topological polar surface area (TPSA) is 59.0 Å². The molecule has 0 radical (unpaired) electrons. The van der Waals surface area contributed by atoms with Gasteiger partial charge in [-0.1, -0.05) is 0 Å². The lowest BCUT2D eigenvalue weighted by molar-refractivity contribution is 0.0950. The lowest BCUT2D eigenvalue weighted by Gasteiger charge is -2.22. The Morgan fingerprint density at radius 3 is 2.75 bits per heavy atom. The molecule has 2 heterocycles. The van der Waals surface area contributed by atoms with E-state index in [1.54, 1.807) is 0 Å². The largest absolute Gasteiger partial charge is 0.352 e. The molecule has 1 aromatic heterocycles. The predicted molar refractivity (Wildman–Crippen MR) is 95.6 cm³/mol. The highest BCUT2D eigenvalue weighted by Crippen LogP contribution is 2.14. The van der Waals surface area contributed by atoms with E-state index in [-0.39, 0.29) is 5.91 Å². The van der Waals surface area contributed by atoms with Gasteiger partial charge in [-0.15, -0.1) is 0 Å². The van der Waals surface area contributed by atoms with Gasteiger partial charge in [-0.25, -0.2) is 4.68 Å². The molecule has 0 aliphatic carbocycles. The minimum Gasteiger partial charge on any atom is -0.352 e. The number of aromatic nitrogens is 2. The van der Waals surface area contributed by atoms with Crippen LogP contribution >= 0.6 is 0 Å². The Hall–Kier alpha value is -2.14. The molecule has 1 aliphatic rings. The zero-order valence-electron chi connectivity index (χ0n) is 14.5. The maximum Gasteiger partial charge on any atom is 0.251 e. The van der Waals surface area contributed by atoms with Crippen molar-refractivity contribution in [2.45, 2.75) is 33.1 Å². The smallest absolute Gasteiger partial charge is 0.251 e. The highest BCUT2D eigenvalue weighted by atomic mass is 16.1. The van der Waals surface area contributed by atoms with Crippen LogP contribution in [0.25, 0.3) is 5.69 Å². The summed E-state index contributed by atoms with van der Waals surface area (Å²) in [7, 11) is 0. The fourth-order valence-electron chi connectivity index (χ4n) is 3.31. The van der Waals surface area contributed by atoms with Crippen molar-refractivity contribution in [1.29, 1.82) is 0 Å². The summed E-state index contributed by atoms with van der Waals surface area (Å²) in [6, 6.07) is 9.66. The van der Waals surface area contributed by atoms with E-state index in [9.17, 15) is 4.79 Å². The zero-order chi connectivity index (χ0) is 16.9. The Morgan fingerprint density at radius 2 is 2.12 bits per heavy atom. The van der Waals surface area contributed by atoms with Crippen molar-refractivity contribution < 1.29 is 4.79 Å². The Morgan fingerprint density at radius 1 is 1.33 bits per heavy atom. The molecule has 5 nitrogen and oxygen atoms in total. The summed E-state index contributed by atoms with van der Waals surface area (Å²) < 4.78 is 1.90. The molecule has 2 aromatic rings. The predicted octanol–water partition coefficient (Wildman–Crippen LogP) is 2.61. The summed E-state index contributed by atoms with van der Waals surface area (Å²) in [4.78, 5) is 12.3. The van der Waals surface area contributed by atoms with Gasteiger partial charge in [0.1, 0.15) is 0 Å². The normalized spacial score (nSPS) is 17.7. The van der Waals surface area contributed by atoms with Crippen LogP contribution in [0.3, 0.4) is 0 Å². The average molecular weight is 326 g/mol. The third kappa shape index (κ3) is 4.03. The van der Waals surface area contributed by atoms with Gasteiger partial charge in [-0.2, -0.15) is 5.10 Å². The lowest BCUT2D eigenvalue weighted by Crippen LogP contribution is -2.33. The summed E-state index contributed by atoms with van der Waals surface area (Å²) in [5.41, 5.74) is 3.75. The minimum absolute atomic E-state index is 0.00122. The fraction of sp³-hybridized carbons (Fsp3) is 0.474. The first kappa shape index (κ1) is 16.7. The van der Waals surface area contributed by atoms with Gasteiger partial charge in [-0.3, -0.25) is 4.79 Å². The molecule has 3 rings (SSSR count). The third-order valence-corrected chi connectivity index (χ3v) is 4.62. The molecule has 24 heavy (non-hydrogen) atoms. The van der Waals surface area contributed by atoms with Gasteiger partial charge in [0.2, 0.25) is 0 Å². The molecule has 1 atom stereocenters. The van der Waals surface area contributed by atoms with E-state index in [4.69, 9.17) is 0 Å². The highest BCUT2D eigenvalue weighted by molar-refractivity contribution is 5.94. The number of hydrogen-bond donors (Lipinski definition) is 2. The molecule has 1 aliphatic heterocycles. The molecule has 1 amide bonds. The molecule has 1 aromatic carbocycles. The number of piperidine rings is 1. The van der Waals surface area contributed by atoms with Crippen LogP contribution in [0.2, 0.25) is 0 Å². The number of carbonyl (C=O) groups is 1. The van der Waals surface area contributed by atoms with Crippen LogP contribution in [0.5, 0.6) is 0 Å². The molecule has 128 valence electrons. The molecule has 5 heteroatoms. The molecular weight excluding hydrogens is 300 g/mol. The second-order valence-electron chi connectivity index (χ2n) is 6.64. The second-order valence-corrected chi connectivity index (χ2v) is 6.64. The first-order valence-corrected chi connectivity index (χ1v) is 8.76. The van der Waals surface area contributed by atoms with Crippen molar-refractivity contribution in [3.05, 3.63) is 47.3 Å². The highest BCUT2D eigenvalue weighted by Gasteiger charge is 2.13. The van der Waals surface area contributed by atoms with Gasteiger partial charge in [0.05, 0.1) is 11.4 Å². The number of aryl methyl sites for hydroxylation is 2. The monoisotopic (exact) mass is 326 g/mol. The Bertz CT molecular complexity index is 684. The van der Waals surface area contributed by atoms with Crippen molar-refractivity contribution in [2.24, 2.45) is 5.92 Å². The molecule has 0 spiro atoms. The molecular formula is C19H26N4O. The summed E-state index contributed by atoms with van der Waals surface area (Å²) in [6.45, 7) is 6.95. The average Bonchev–Trinajstić information content (AvgIpc) is 2.94. The van der Waals surface area contributed by atoms with Crippen LogP contribution in [0, 0.1) is 19.8 Å². The fourth-order valence-corrected chi connectivity index (χ4v) is 3.31. The molecule has 0 bridgehead atoms. The second kappa shape index (κ2) is 7.62. The molecule has 0 saturated carbocycles. The van der Waals surface area contributed by atoms with E-state index in [1.807, 2.05) is 48.9 Å². The van der Waals surface area contributed by atoms with E-state index < -0.39 is 0 Å². The standard InChI is InChI=1S/C19H26N4O/c1-14-12-15(2)23(22-14)18-7-5-17(6-8-18)19(24)21-11-9-16-4-3-10-20-13-16/h5-8,12,16,20H,3-4,9-11,13H2,1-2H3,(H,21,24). The van der Waals surface area contributed by atoms with E-state index in [0.717, 1.165) is 43.1 Å². The van der Waals surface area contributed by atoms with E-state index in [0.29, 0.717) is 11.5 Å². The Labute approximate surface area is 143 Å². The van der Waals surface area contributed by atoms with Crippen LogP contribution in [0.4, 0.5) is 0 Å². The van der Waals surface area contributed by atoms with Gasteiger partial charge in [-0.05, 0) is 82.4 Å². The van der Waals surface area contributed by atoms with Crippen molar-refractivity contribution >= 4 is 5.91 Å². The Balaban J connectivity index is 1.54. The summed E-state index contributed by atoms with van der Waals surface area (Å²) in [6.07, 6.45) is 3.55. The SMILES string of the molecule is Cc1cc(C)n(-c2ccc(C(=O)NCCC3CCCNC3)cc2)n1. The van der Waals surface area contributed by atoms with E-state index >= 15 is 0 Å². The van der Waals surface area contributed by atoms with Gasteiger partial charge in [0, 0.05) is 17.8 Å². The summed E-state index contributed by atoms with van der Waals surface area (Å²) in [5.74, 6) is 0.686. The molecule has 1 unspecified atom stereocenters. The number of hydrogen-bond acceptors (Lipinski definition) is 3. The maximum absolute atomic E-state index is 12.3. The van der Waals surface area contributed by atoms with E-state index in [2.05, 4.69) is 15.7 Å². The van der Waals surface area contributed by atoms with Gasteiger partial charge < -0.3 is 10.6 Å². The first-order chi connectivity index (χ1) is 11.6. The molecule has 1 saturated heterocycles. The minimum atomic E-state index is -0.00122. The number of benzene rings is 1. The van der Waals surface area contributed by atoms with Crippen molar-refractivity contribution in [1.82, 2.24) is 20.4 Å². The number of nitrogens with zero attached hydrogens (tertiary/aromatic N) is 2. The number of carbonyl (C=O) groups excluding carboxylic acids is 1. The van der Waals surface area contributed by atoms with E-state index in [1.165, 1.54) is 12.8 Å². The number of nitrogens with one attached hydrogen (secondary N) is 2. The first-order valence-electron chi connectivity index (χ1n) is 8.76. The number of rotatable bonds is 5. The van der Waals surface area contributed by atoms with Gasteiger partial charge in [0.15, 0.2) is 0 Å². The van der Waals surface area contributed by atoms with Crippen molar-refractivity contribution in [3.63, 3.8) is 0 Å².